The Balaban J connectivity index is 1.29. The number of hydrogen-bond donors (Lipinski definition) is 2. The Morgan fingerprint density at radius 3 is 2.89 bits per heavy atom. The van der Waals surface area contributed by atoms with Gasteiger partial charge in [-0.15, -0.1) is 5.10 Å². The molecule has 2 aliphatic rings. The van der Waals surface area contributed by atoms with Gasteiger partial charge in [0.2, 0.25) is 18.4 Å². The number of halogens is 1. The third-order valence-corrected chi connectivity index (χ3v) is 6.77. The topological polar surface area (TPSA) is 159 Å². The molecule has 0 saturated heterocycles. The second-order valence-electron chi connectivity index (χ2n) is 8.35. The van der Waals surface area contributed by atoms with Crippen LogP contribution < -0.4 is 25.5 Å². The number of rotatable bonds is 6. The minimum absolute atomic E-state index is 0.0304. The number of amides is 1. The van der Waals surface area contributed by atoms with Crippen molar-refractivity contribution in [2.45, 2.75) is 19.4 Å². The Morgan fingerprint density at radius 2 is 2.05 bits per heavy atom. The van der Waals surface area contributed by atoms with Gasteiger partial charge in [0, 0.05) is 22.3 Å². The summed E-state index contributed by atoms with van der Waals surface area (Å²) in [4.78, 5) is 15.3. The van der Waals surface area contributed by atoms with E-state index in [4.69, 9.17) is 19.8 Å². The van der Waals surface area contributed by atoms with Crippen LogP contribution in [0.1, 0.15) is 33.7 Å². The number of para-hydroxylation sites is 1. The lowest BCUT2D eigenvalue weighted by molar-refractivity contribution is 0.0949. The summed E-state index contributed by atoms with van der Waals surface area (Å²) in [7, 11) is 0. The molecule has 0 fully saturated rings. The first kappa shape index (κ1) is 23.0. The summed E-state index contributed by atoms with van der Waals surface area (Å²) in [6.07, 6.45) is 3.46. The van der Waals surface area contributed by atoms with Crippen LogP contribution in [0.4, 0.5) is 11.5 Å². The minimum Gasteiger partial charge on any atom is -0.454 e. The molecule has 4 heterocycles. The van der Waals surface area contributed by atoms with Crippen LogP contribution in [0.5, 0.6) is 11.5 Å². The van der Waals surface area contributed by atoms with E-state index in [9.17, 15) is 4.79 Å². The second kappa shape index (κ2) is 9.54. The van der Waals surface area contributed by atoms with Gasteiger partial charge in [-0.05, 0) is 62.8 Å². The molecule has 0 atom stereocenters. The fourth-order valence-electron chi connectivity index (χ4n) is 4.33. The number of aryl methyl sites for hydroxylation is 1. The Labute approximate surface area is 218 Å². The first-order chi connectivity index (χ1) is 18.1. The number of fused-ring (bicyclic) bond motifs is 2. The number of nitrogens with one attached hydrogen (secondary N) is 1. The molecule has 14 heteroatoms. The molecular weight excluding hydrogens is 546 g/mol. The predicted octanol–water partition coefficient (Wildman–Crippen LogP) is 2.44. The van der Waals surface area contributed by atoms with E-state index >= 15 is 0 Å². The first-order valence-electron chi connectivity index (χ1n) is 11.4. The normalized spacial score (nSPS) is 14.2. The van der Waals surface area contributed by atoms with Gasteiger partial charge in [-0.1, -0.05) is 23.4 Å². The van der Waals surface area contributed by atoms with Crippen LogP contribution in [0.2, 0.25) is 0 Å². The van der Waals surface area contributed by atoms with E-state index in [0.717, 1.165) is 29.5 Å². The number of carbonyl (C=O) groups is 1. The number of nitrogens with two attached hydrogens (primary N) is 1. The van der Waals surface area contributed by atoms with Gasteiger partial charge < -0.3 is 20.1 Å². The standard InChI is InChI=1S/C23H20BrN9O4/c24-15-9-19-18(35-12-36-19)8-14(15)10-26-28-23(34)20-17(33(31-27-20)22-21(25)29-37-30-22)11-32-7-3-5-13-4-1-2-6-16(13)32/h1-2,4,6,8-10H,3,5,7,11-12H2,(H2,25,29)(H,28,34). The fourth-order valence-corrected chi connectivity index (χ4v) is 4.75. The van der Waals surface area contributed by atoms with Crippen molar-refractivity contribution in [3.05, 3.63) is 63.4 Å². The number of nitrogens with zero attached hydrogens (tertiary/aromatic N) is 7. The quantitative estimate of drug-likeness (QED) is 0.262. The summed E-state index contributed by atoms with van der Waals surface area (Å²) in [6, 6.07) is 11.7. The molecule has 2 aliphatic heterocycles. The van der Waals surface area contributed by atoms with Gasteiger partial charge in [0.25, 0.3) is 5.91 Å². The van der Waals surface area contributed by atoms with Crippen molar-refractivity contribution in [3.8, 4) is 17.3 Å². The Kier molecular flexibility index (Phi) is 5.92. The van der Waals surface area contributed by atoms with Gasteiger partial charge in [0.1, 0.15) is 0 Å². The van der Waals surface area contributed by atoms with Crippen LogP contribution in [-0.2, 0) is 13.0 Å². The molecule has 13 nitrogen and oxygen atoms in total. The van der Waals surface area contributed by atoms with Gasteiger partial charge in [-0.3, -0.25) is 4.79 Å². The highest BCUT2D eigenvalue weighted by Gasteiger charge is 2.27. The Morgan fingerprint density at radius 1 is 1.22 bits per heavy atom. The van der Waals surface area contributed by atoms with Gasteiger partial charge in [0.05, 0.1) is 18.5 Å². The molecular formula is C23H20BrN9O4. The SMILES string of the molecule is Nc1nonc1-n1nnc(C(=O)NN=Cc2cc3c(cc2Br)OCO3)c1CN1CCCc2ccccc21. The van der Waals surface area contributed by atoms with Gasteiger partial charge in [0.15, 0.2) is 17.2 Å². The number of nitrogen functional groups attached to an aromatic ring is 1. The van der Waals surface area contributed by atoms with E-state index in [1.165, 1.54) is 16.5 Å². The summed E-state index contributed by atoms with van der Waals surface area (Å²) in [6.45, 7) is 1.28. The van der Waals surface area contributed by atoms with E-state index < -0.39 is 5.91 Å². The van der Waals surface area contributed by atoms with E-state index in [-0.39, 0.29) is 24.1 Å². The van der Waals surface area contributed by atoms with E-state index in [1.54, 1.807) is 12.1 Å². The minimum atomic E-state index is -0.547. The molecule has 2 aromatic heterocycles. The smallest absolute Gasteiger partial charge is 0.293 e. The summed E-state index contributed by atoms with van der Waals surface area (Å²) in [5.74, 6) is 0.870. The van der Waals surface area contributed by atoms with Crippen molar-refractivity contribution in [2.75, 3.05) is 24.0 Å². The number of hydrogen-bond acceptors (Lipinski definition) is 11. The summed E-state index contributed by atoms with van der Waals surface area (Å²) in [5.41, 5.74) is 12.0. The number of aromatic nitrogens is 5. The third kappa shape index (κ3) is 4.35. The number of hydrazone groups is 1. The summed E-state index contributed by atoms with van der Waals surface area (Å²) >= 11 is 3.47. The molecule has 6 rings (SSSR count). The third-order valence-electron chi connectivity index (χ3n) is 6.08. The van der Waals surface area contributed by atoms with Gasteiger partial charge >= 0.3 is 0 Å². The lowest BCUT2D eigenvalue weighted by Gasteiger charge is -2.31. The zero-order valence-electron chi connectivity index (χ0n) is 19.3. The zero-order chi connectivity index (χ0) is 25.4. The lowest BCUT2D eigenvalue weighted by Crippen LogP contribution is -2.31. The molecule has 0 unspecified atom stereocenters. The molecule has 0 spiro atoms. The fraction of sp³-hybridized carbons (Fsp3) is 0.217. The average molecular weight is 566 g/mol. The number of anilines is 2. The van der Waals surface area contributed by atoms with E-state index in [2.05, 4.69) is 64.1 Å². The van der Waals surface area contributed by atoms with Crippen LogP contribution in [0, 0.1) is 0 Å². The van der Waals surface area contributed by atoms with Crippen LogP contribution in [0.25, 0.3) is 5.82 Å². The van der Waals surface area contributed by atoms with Crippen LogP contribution in [-0.4, -0.2) is 50.8 Å². The Bertz CT molecular complexity index is 1520. The van der Waals surface area contributed by atoms with Crippen LogP contribution in [0.15, 0.2) is 50.6 Å². The van der Waals surface area contributed by atoms with Crippen molar-refractivity contribution in [1.29, 1.82) is 0 Å². The van der Waals surface area contributed by atoms with E-state index in [0.29, 0.717) is 29.3 Å². The molecule has 4 aromatic rings. The van der Waals surface area contributed by atoms with Crippen molar-refractivity contribution in [3.63, 3.8) is 0 Å². The molecule has 1 amide bonds. The van der Waals surface area contributed by atoms with E-state index in [1.807, 2.05) is 12.1 Å². The number of ether oxygens (including phenoxy) is 2. The molecule has 188 valence electrons. The molecule has 37 heavy (non-hydrogen) atoms. The monoisotopic (exact) mass is 565 g/mol. The number of carbonyl (C=O) groups excluding carboxylic acids is 1. The maximum atomic E-state index is 13.2. The second-order valence-corrected chi connectivity index (χ2v) is 9.20. The van der Waals surface area contributed by atoms with Crippen molar-refractivity contribution in [2.24, 2.45) is 5.10 Å². The molecule has 3 N–H and O–H groups in total. The zero-order valence-corrected chi connectivity index (χ0v) is 20.9. The summed E-state index contributed by atoms with van der Waals surface area (Å²) < 4.78 is 17.6. The Hall–Kier alpha value is -4.46. The largest absolute Gasteiger partial charge is 0.454 e. The van der Waals surface area contributed by atoms with Crippen LogP contribution >= 0.6 is 15.9 Å². The van der Waals surface area contributed by atoms with Crippen molar-refractivity contribution >= 4 is 39.6 Å². The highest BCUT2D eigenvalue weighted by Crippen LogP contribution is 2.36. The maximum Gasteiger partial charge on any atom is 0.293 e. The lowest BCUT2D eigenvalue weighted by atomic mass is 10.0. The highest BCUT2D eigenvalue weighted by atomic mass is 79.9. The average Bonchev–Trinajstić information content (AvgIpc) is 3.64. The molecule has 2 aromatic carbocycles. The van der Waals surface area contributed by atoms with Gasteiger partial charge in [-0.2, -0.15) is 9.78 Å². The number of benzene rings is 2. The van der Waals surface area contributed by atoms with Crippen molar-refractivity contribution in [1.82, 2.24) is 30.7 Å². The molecule has 0 saturated carbocycles. The predicted molar refractivity (Wildman–Crippen MR) is 135 cm³/mol. The first-order valence-corrected chi connectivity index (χ1v) is 12.2. The molecule has 0 aliphatic carbocycles. The maximum absolute atomic E-state index is 13.2. The summed E-state index contributed by atoms with van der Waals surface area (Å²) in [5, 5.41) is 19.8. The van der Waals surface area contributed by atoms with Crippen LogP contribution in [0.3, 0.4) is 0 Å². The molecule has 0 radical (unpaired) electrons. The highest BCUT2D eigenvalue weighted by molar-refractivity contribution is 9.10. The molecule has 0 bridgehead atoms. The van der Waals surface area contributed by atoms with Crippen molar-refractivity contribution < 1.29 is 18.9 Å². The van der Waals surface area contributed by atoms with Gasteiger partial charge in [-0.25, -0.2) is 10.1 Å².